The van der Waals surface area contributed by atoms with Crippen molar-refractivity contribution in [3.05, 3.63) is 35.4 Å². The summed E-state index contributed by atoms with van der Waals surface area (Å²) in [6.45, 7) is 6.31. The van der Waals surface area contributed by atoms with Crippen molar-refractivity contribution < 1.29 is 28.2 Å². The van der Waals surface area contributed by atoms with E-state index in [0.717, 1.165) is 4.57 Å². The number of anilines is 1. The predicted molar refractivity (Wildman–Crippen MR) is 92.3 cm³/mol. The Hall–Kier alpha value is -2.75. The van der Waals surface area contributed by atoms with Crippen molar-refractivity contribution in [1.29, 1.82) is 0 Å². The first-order chi connectivity index (χ1) is 12.8. The number of aromatic nitrogens is 2. The van der Waals surface area contributed by atoms with Crippen molar-refractivity contribution in [1.82, 2.24) is 9.55 Å². The van der Waals surface area contributed by atoms with Gasteiger partial charge in [-0.2, -0.15) is 4.98 Å². The quantitative estimate of drug-likeness (QED) is 0.544. The Balaban J connectivity index is 2.42. The molecule has 1 aromatic heterocycles. The molecule has 0 radical (unpaired) electrons. The van der Waals surface area contributed by atoms with E-state index in [1.54, 1.807) is 13.8 Å². The summed E-state index contributed by atoms with van der Waals surface area (Å²) in [5.41, 5.74) is 2.94. The van der Waals surface area contributed by atoms with Crippen LogP contribution in [0.1, 0.15) is 32.9 Å². The Morgan fingerprint density at radius 2 is 2.11 bits per heavy atom. The maximum absolute atomic E-state index is 15.2. The van der Waals surface area contributed by atoms with Crippen LogP contribution < -0.4 is 11.4 Å². The van der Waals surface area contributed by atoms with Gasteiger partial charge in [-0.15, -0.1) is 0 Å². The minimum absolute atomic E-state index is 0.000762. The molecule has 4 unspecified atom stereocenters. The Kier molecular flexibility index (Phi) is 6.32. The molecular formula is C17H22FN3O6. The smallest absolute Gasteiger partial charge is 0.351 e. The van der Waals surface area contributed by atoms with Crippen LogP contribution in [0.2, 0.25) is 0 Å². The molecule has 148 valence electrons. The van der Waals surface area contributed by atoms with Crippen molar-refractivity contribution in [2.75, 3.05) is 12.3 Å². The lowest BCUT2D eigenvalue weighted by atomic mass is 9.96. The van der Waals surface area contributed by atoms with Crippen molar-refractivity contribution in [3.8, 4) is 0 Å². The first-order valence-corrected chi connectivity index (χ1v) is 8.43. The zero-order valence-corrected chi connectivity index (χ0v) is 15.1. The molecule has 2 heterocycles. The first kappa shape index (κ1) is 20.6. The van der Waals surface area contributed by atoms with Crippen molar-refractivity contribution >= 4 is 17.8 Å². The number of carbonyl (C=O) groups excluding carboxylic acids is 2. The van der Waals surface area contributed by atoms with Crippen LogP contribution in [0.15, 0.2) is 29.7 Å². The number of carbonyl (C=O) groups is 2. The average Bonchev–Trinajstić information content (AvgIpc) is 2.92. The summed E-state index contributed by atoms with van der Waals surface area (Å²) >= 11 is 0. The Labute approximate surface area is 154 Å². The number of alkyl halides is 1. The SMILES string of the molecule is C=CC1(COC(=O)CC)OC(n2ccc(N)nc2=O)C(F)C1OC(=O)CC. The lowest BCUT2D eigenvalue weighted by molar-refractivity contribution is -0.168. The molecule has 0 aromatic carbocycles. The largest absolute Gasteiger partial charge is 0.462 e. The highest BCUT2D eigenvalue weighted by atomic mass is 19.1. The Bertz CT molecular complexity index is 782. The normalized spacial score (nSPS) is 27.1. The van der Waals surface area contributed by atoms with Gasteiger partial charge >= 0.3 is 17.6 Å². The van der Waals surface area contributed by atoms with Gasteiger partial charge in [0.2, 0.25) is 0 Å². The second-order valence-corrected chi connectivity index (χ2v) is 5.93. The standard InChI is InChI=1S/C17H22FN3O6/c1-4-11(22)25-9-17(6-3)14(26-12(23)5-2)13(18)15(27-17)21-8-7-10(19)20-16(21)24/h6-8,13-15H,3-5,9H2,1-2H3,(H2,19,20,24). The molecule has 4 atom stereocenters. The Morgan fingerprint density at radius 1 is 1.44 bits per heavy atom. The van der Waals surface area contributed by atoms with E-state index in [0.29, 0.717) is 0 Å². The van der Waals surface area contributed by atoms with E-state index in [9.17, 15) is 14.4 Å². The summed E-state index contributed by atoms with van der Waals surface area (Å²) in [6.07, 6.45) is -2.37. The van der Waals surface area contributed by atoms with Gasteiger partial charge in [0.1, 0.15) is 12.4 Å². The van der Waals surface area contributed by atoms with Gasteiger partial charge in [-0.3, -0.25) is 14.2 Å². The van der Waals surface area contributed by atoms with E-state index in [4.69, 9.17) is 19.9 Å². The highest BCUT2D eigenvalue weighted by Gasteiger charge is 2.58. The lowest BCUT2D eigenvalue weighted by Gasteiger charge is -2.30. The van der Waals surface area contributed by atoms with Crippen LogP contribution >= 0.6 is 0 Å². The molecule has 1 fully saturated rings. The molecule has 0 bridgehead atoms. The van der Waals surface area contributed by atoms with Crippen LogP contribution in [0.5, 0.6) is 0 Å². The molecule has 1 aliphatic heterocycles. The number of nitrogens with zero attached hydrogens (tertiary/aromatic N) is 2. The Morgan fingerprint density at radius 3 is 2.67 bits per heavy atom. The second-order valence-electron chi connectivity index (χ2n) is 5.93. The third kappa shape index (κ3) is 4.16. The van der Waals surface area contributed by atoms with Crippen molar-refractivity contribution in [2.24, 2.45) is 0 Å². The van der Waals surface area contributed by atoms with E-state index in [2.05, 4.69) is 11.6 Å². The number of ether oxygens (including phenoxy) is 3. The third-order valence-corrected chi connectivity index (χ3v) is 4.15. The summed E-state index contributed by atoms with van der Waals surface area (Å²) in [5, 5.41) is 0. The van der Waals surface area contributed by atoms with E-state index >= 15 is 4.39 Å². The molecule has 2 N–H and O–H groups in total. The van der Waals surface area contributed by atoms with Crippen LogP contribution in [0.3, 0.4) is 0 Å². The number of esters is 2. The van der Waals surface area contributed by atoms with Gasteiger partial charge in [0.15, 0.2) is 24.1 Å². The van der Waals surface area contributed by atoms with Gasteiger partial charge in [-0.05, 0) is 6.07 Å². The number of nitrogens with two attached hydrogens (primary N) is 1. The van der Waals surface area contributed by atoms with E-state index in [1.807, 2.05) is 0 Å². The number of halogens is 1. The number of nitrogen functional groups attached to an aromatic ring is 1. The van der Waals surface area contributed by atoms with E-state index < -0.39 is 48.3 Å². The minimum Gasteiger partial charge on any atom is -0.462 e. The maximum atomic E-state index is 15.2. The molecule has 1 saturated heterocycles. The van der Waals surface area contributed by atoms with E-state index in [-0.39, 0.29) is 18.7 Å². The topological polar surface area (TPSA) is 123 Å². The molecular weight excluding hydrogens is 361 g/mol. The molecule has 0 amide bonds. The lowest BCUT2D eigenvalue weighted by Crippen LogP contribution is -2.47. The molecule has 1 aliphatic rings. The fraction of sp³-hybridized carbons (Fsp3) is 0.529. The highest BCUT2D eigenvalue weighted by Crippen LogP contribution is 2.41. The van der Waals surface area contributed by atoms with Crippen LogP contribution in [0.25, 0.3) is 0 Å². The average molecular weight is 383 g/mol. The zero-order valence-electron chi connectivity index (χ0n) is 15.1. The van der Waals surface area contributed by atoms with Gasteiger partial charge in [0.25, 0.3) is 0 Å². The number of hydrogen-bond donors (Lipinski definition) is 1. The molecule has 2 rings (SSSR count). The summed E-state index contributed by atoms with van der Waals surface area (Å²) < 4.78 is 32.1. The van der Waals surface area contributed by atoms with Crippen LogP contribution in [0.4, 0.5) is 10.2 Å². The van der Waals surface area contributed by atoms with Crippen molar-refractivity contribution in [3.63, 3.8) is 0 Å². The molecule has 0 spiro atoms. The van der Waals surface area contributed by atoms with Gasteiger partial charge in [-0.1, -0.05) is 26.5 Å². The number of hydrogen-bond acceptors (Lipinski definition) is 8. The van der Waals surface area contributed by atoms with Gasteiger partial charge in [-0.25, -0.2) is 9.18 Å². The van der Waals surface area contributed by atoms with Gasteiger partial charge < -0.3 is 19.9 Å². The monoisotopic (exact) mass is 383 g/mol. The van der Waals surface area contributed by atoms with Gasteiger partial charge in [0.05, 0.1) is 0 Å². The van der Waals surface area contributed by atoms with Crippen LogP contribution in [0, 0.1) is 0 Å². The molecule has 1 aromatic rings. The zero-order chi connectivity index (χ0) is 20.2. The summed E-state index contributed by atoms with van der Waals surface area (Å²) in [7, 11) is 0. The highest BCUT2D eigenvalue weighted by molar-refractivity contribution is 5.70. The first-order valence-electron chi connectivity index (χ1n) is 8.43. The maximum Gasteiger partial charge on any atom is 0.351 e. The van der Waals surface area contributed by atoms with Crippen molar-refractivity contribution in [2.45, 2.75) is 50.8 Å². The summed E-state index contributed by atoms with van der Waals surface area (Å²) in [6, 6.07) is 1.30. The number of rotatable bonds is 7. The fourth-order valence-corrected chi connectivity index (χ4v) is 2.63. The second kappa shape index (κ2) is 8.30. The molecule has 0 aliphatic carbocycles. The van der Waals surface area contributed by atoms with Gasteiger partial charge in [0, 0.05) is 19.0 Å². The summed E-state index contributed by atoms with van der Waals surface area (Å²) in [4.78, 5) is 38.9. The molecule has 9 nitrogen and oxygen atoms in total. The van der Waals surface area contributed by atoms with Crippen LogP contribution in [-0.2, 0) is 23.8 Å². The predicted octanol–water partition coefficient (Wildman–Crippen LogP) is 0.892. The van der Waals surface area contributed by atoms with Crippen LogP contribution in [-0.4, -0.2) is 46.0 Å². The summed E-state index contributed by atoms with van der Waals surface area (Å²) in [5.74, 6) is -1.27. The molecule has 27 heavy (non-hydrogen) atoms. The molecule has 0 saturated carbocycles. The molecule has 10 heteroatoms. The fourth-order valence-electron chi connectivity index (χ4n) is 2.63. The minimum atomic E-state index is -1.94. The van der Waals surface area contributed by atoms with E-state index in [1.165, 1.54) is 18.3 Å². The third-order valence-electron chi connectivity index (χ3n) is 4.15.